The number of benzene rings is 1. The summed E-state index contributed by atoms with van der Waals surface area (Å²) in [5.41, 5.74) is 0.599. The second-order valence-corrected chi connectivity index (χ2v) is 5.50. The third kappa shape index (κ3) is 3.24. The molecular formula is C14H16BrF2N3. The molecule has 0 amide bonds. The molecule has 2 rings (SSSR count). The van der Waals surface area contributed by atoms with Gasteiger partial charge in [-0.15, -0.1) is 0 Å². The second-order valence-electron chi connectivity index (χ2n) is 4.58. The van der Waals surface area contributed by atoms with Crippen molar-refractivity contribution in [3.05, 3.63) is 51.8 Å². The monoisotopic (exact) mass is 343 g/mol. The largest absolute Gasteiger partial charge is 0.305 e. The van der Waals surface area contributed by atoms with Gasteiger partial charge in [0.15, 0.2) is 0 Å². The highest BCUT2D eigenvalue weighted by molar-refractivity contribution is 9.10. The molecule has 2 aromatic rings. The number of aryl methyl sites for hydroxylation is 1. The fourth-order valence-electron chi connectivity index (χ4n) is 2.06. The third-order valence-electron chi connectivity index (χ3n) is 2.96. The first-order valence-corrected chi connectivity index (χ1v) is 7.19. The van der Waals surface area contributed by atoms with Crippen molar-refractivity contribution >= 4 is 15.9 Å². The summed E-state index contributed by atoms with van der Waals surface area (Å²) in [7, 11) is 1.77. The van der Waals surface area contributed by atoms with Crippen LogP contribution in [0.25, 0.3) is 0 Å². The maximum absolute atomic E-state index is 14.1. The van der Waals surface area contributed by atoms with E-state index in [2.05, 4.69) is 26.3 Å². The standard InChI is InChI=1S/C14H16BrF2N3/c1-3-5-18-14(12-4-6-20(2)19-12)13-10(16)7-9(15)8-11(13)17/h4,6-8,14,18H,3,5H2,1-2H3. The molecule has 0 aliphatic heterocycles. The average molecular weight is 344 g/mol. The summed E-state index contributed by atoms with van der Waals surface area (Å²) < 4.78 is 30.3. The van der Waals surface area contributed by atoms with Crippen molar-refractivity contribution in [1.29, 1.82) is 0 Å². The average Bonchev–Trinajstić information content (AvgIpc) is 2.78. The molecule has 0 radical (unpaired) electrons. The smallest absolute Gasteiger partial charge is 0.132 e. The van der Waals surface area contributed by atoms with Crippen LogP contribution in [-0.2, 0) is 7.05 Å². The highest BCUT2D eigenvalue weighted by Crippen LogP contribution is 2.28. The van der Waals surface area contributed by atoms with Crippen LogP contribution in [0, 0.1) is 11.6 Å². The van der Waals surface area contributed by atoms with E-state index in [0.29, 0.717) is 16.7 Å². The summed E-state index contributed by atoms with van der Waals surface area (Å²) >= 11 is 3.09. The SMILES string of the molecule is CCCNC(c1ccn(C)n1)c1c(F)cc(Br)cc1F. The first kappa shape index (κ1) is 15.1. The summed E-state index contributed by atoms with van der Waals surface area (Å²) in [5.74, 6) is -1.17. The molecule has 0 bridgehead atoms. The van der Waals surface area contributed by atoms with E-state index >= 15 is 0 Å². The third-order valence-corrected chi connectivity index (χ3v) is 3.42. The molecule has 0 aliphatic rings. The van der Waals surface area contributed by atoms with Crippen molar-refractivity contribution < 1.29 is 8.78 Å². The van der Waals surface area contributed by atoms with Gasteiger partial charge < -0.3 is 5.32 Å². The summed E-state index contributed by atoms with van der Waals surface area (Å²) in [6.45, 7) is 2.65. The van der Waals surface area contributed by atoms with Gasteiger partial charge in [-0.05, 0) is 31.2 Å². The lowest BCUT2D eigenvalue weighted by molar-refractivity contribution is 0.493. The number of rotatable bonds is 5. The molecule has 20 heavy (non-hydrogen) atoms. The Hall–Kier alpha value is -1.27. The molecule has 1 atom stereocenters. The van der Waals surface area contributed by atoms with Gasteiger partial charge in [-0.25, -0.2) is 8.78 Å². The lowest BCUT2D eigenvalue weighted by atomic mass is 10.0. The van der Waals surface area contributed by atoms with E-state index in [1.54, 1.807) is 24.0 Å². The molecule has 1 aromatic carbocycles. The molecule has 108 valence electrons. The molecule has 1 aromatic heterocycles. The van der Waals surface area contributed by atoms with Crippen LogP contribution >= 0.6 is 15.9 Å². The van der Waals surface area contributed by atoms with Crippen LogP contribution in [0.5, 0.6) is 0 Å². The summed E-state index contributed by atoms with van der Waals surface area (Å²) in [4.78, 5) is 0. The van der Waals surface area contributed by atoms with Gasteiger partial charge in [-0.3, -0.25) is 4.68 Å². The Morgan fingerprint density at radius 1 is 1.35 bits per heavy atom. The van der Waals surface area contributed by atoms with Gasteiger partial charge in [0.25, 0.3) is 0 Å². The van der Waals surface area contributed by atoms with Crippen molar-refractivity contribution in [3.8, 4) is 0 Å². The van der Waals surface area contributed by atoms with Crippen LogP contribution in [0.3, 0.4) is 0 Å². The van der Waals surface area contributed by atoms with Gasteiger partial charge in [0.1, 0.15) is 11.6 Å². The maximum Gasteiger partial charge on any atom is 0.132 e. The summed E-state index contributed by atoms with van der Waals surface area (Å²) in [6, 6.07) is 3.70. The van der Waals surface area contributed by atoms with E-state index in [4.69, 9.17) is 0 Å². The molecule has 1 unspecified atom stereocenters. The highest BCUT2D eigenvalue weighted by atomic mass is 79.9. The molecule has 1 N–H and O–H groups in total. The quantitative estimate of drug-likeness (QED) is 0.899. The number of aromatic nitrogens is 2. The van der Waals surface area contributed by atoms with Gasteiger partial charge in [-0.1, -0.05) is 22.9 Å². The van der Waals surface area contributed by atoms with Crippen LogP contribution < -0.4 is 5.32 Å². The Labute approximate surface area is 125 Å². The predicted molar refractivity (Wildman–Crippen MR) is 77.4 cm³/mol. The van der Waals surface area contributed by atoms with Gasteiger partial charge in [-0.2, -0.15) is 5.10 Å². The van der Waals surface area contributed by atoms with E-state index in [9.17, 15) is 8.78 Å². The first-order valence-electron chi connectivity index (χ1n) is 6.40. The van der Waals surface area contributed by atoms with Crippen LogP contribution in [0.4, 0.5) is 8.78 Å². The van der Waals surface area contributed by atoms with E-state index in [0.717, 1.165) is 6.42 Å². The van der Waals surface area contributed by atoms with E-state index in [-0.39, 0.29) is 5.56 Å². The van der Waals surface area contributed by atoms with Gasteiger partial charge in [0.2, 0.25) is 0 Å². The van der Waals surface area contributed by atoms with Crippen molar-refractivity contribution in [2.24, 2.45) is 7.05 Å². The lowest BCUT2D eigenvalue weighted by Gasteiger charge is -2.18. The van der Waals surface area contributed by atoms with Gasteiger partial charge >= 0.3 is 0 Å². The Kier molecular flexibility index (Phi) is 4.88. The summed E-state index contributed by atoms with van der Waals surface area (Å²) in [5, 5.41) is 7.40. The van der Waals surface area contributed by atoms with Crippen LogP contribution in [0.1, 0.15) is 30.6 Å². The zero-order chi connectivity index (χ0) is 14.7. The number of halogens is 3. The number of nitrogens with one attached hydrogen (secondary N) is 1. The molecule has 3 nitrogen and oxygen atoms in total. The van der Waals surface area contributed by atoms with Gasteiger partial charge in [0.05, 0.1) is 11.7 Å². The molecule has 0 aliphatic carbocycles. The van der Waals surface area contributed by atoms with E-state index in [1.807, 2.05) is 6.92 Å². The molecule has 0 saturated carbocycles. The second kappa shape index (κ2) is 6.45. The van der Waals surface area contributed by atoms with Crippen molar-refractivity contribution in [2.45, 2.75) is 19.4 Å². The molecule has 0 fully saturated rings. The van der Waals surface area contributed by atoms with Crippen LogP contribution in [-0.4, -0.2) is 16.3 Å². The summed E-state index contributed by atoms with van der Waals surface area (Å²) in [6.07, 6.45) is 2.62. The normalized spacial score (nSPS) is 12.7. The van der Waals surface area contributed by atoms with Crippen molar-refractivity contribution in [1.82, 2.24) is 15.1 Å². The Bertz CT molecular complexity index is 575. The van der Waals surface area contributed by atoms with Crippen LogP contribution in [0.2, 0.25) is 0 Å². The van der Waals surface area contributed by atoms with E-state index < -0.39 is 17.7 Å². The van der Waals surface area contributed by atoms with Crippen molar-refractivity contribution in [2.75, 3.05) is 6.54 Å². The predicted octanol–water partition coefficient (Wildman–Crippen LogP) is 3.55. The fourth-order valence-corrected chi connectivity index (χ4v) is 2.46. The Balaban J connectivity index is 2.46. The Morgan fingerprint density at radius 2 is 2.00 bits per heavy atom. The minimum absolute atomic E-state index is 0.000324. The lowest BCUT2D eigenvalue weighted by Crippen LogP contribution is -2.25. The highest BCUT2D eigenvalue weighted by Gasteiger charge is 2.24. The minimum Gasteiger partial charge on any atom is -0.305 e. The molecular weight excluding hydrogens is 328 g/mol. The van der Waals surface area contributed by atoms with E-state index in [1.165, 1.54) is 12.1 Å². The number of hydrogen-bond acceptors (Lipinski definition) is 2. The maximum atomic E-state index is 14.1. The van der Waals surface area contributed by atoms with Crippen LogP contribution in [0.15, 0.2) is 28.9 Å². The molecule has 6 heteroatoms. The number of nitrogens with zero attached hydrogens (tertiary/aromatic N) is 2. The first-order chi connectivity index (χ1) is 9.52. The van der Waals surface area contributed by atoms with Gasteiger partial charge in [0, 0.05) is 23.3 Å². The zero-order valence-electron chi connectivity index (χ0n) is 11.3. The Morgan fingerprint density at radius 3 is 2.50 bits per heavy atom. The minimum atomic E-state index is -0.593. The topological polar surface area (TPSA) is 29.9 Å². The zero-order valence-corrected chi connectivity index (χ0v) is 12.9. The molecule has 0 spiro atoms. The fraction of sp³-hybridized carbons (Fsp3) is 0.357. The molecule has 0 saturated heterocycles. The molecule has 1 heterocycles. The number of hydrogen-bond donors (Lipinski definition) is 1. The van der Waals surface area contributed by atoms with Crippen molar-refractivity contribution in [3.63, 3.8) is 0 Å².